The van der Waals surface area contributed by atoms with Gasteiger partial charge in [0.1, 0.15) is 6.33 Å². The molecule has 1 aromatic heterocycles. The highest BCUT2D eigenvalue weighted by molar-refractivity contribution is 5.02. The summed E-state index contributed by atoms with van der Waals surface area (Å²) in [5.74, 6) is 0. The molecule has 3 heteroatoms. The van der Waals surface area contributed by atoms with Crippen LogP contribution in [-0.2, 0) is 4.74 Å². The summed E-state index contributed by atoms with van der Waals surface area (Å²) in [6, 6.07) is 1.93. The van der Waals surface area contributed by atoms with Crippen molar-refractivity contribution in [2.24, 2.45) is 0 Å². The summed E-state index contributed by atoms with van der Waals surface area (Å²) >= 11 is 0. The van der Waals surface area contributed by atoms with Gasteiger partial charge in [-0.1, -0.05) is 0 Å². The molecule has 0 aliphatic carbocycles. The minimum absolute atomic E-state index is 0.210. The zero-order valence-corrected chi connectivity index (χ0v) is 6.94. The van der Waals surface area contributed by atoms with Crippen LogP contribution in [0.2, 0.25) is 0 Å². The van der Waals surface area contributed by atoms with Crippen molar-refractivity contribution in [2.45, 2.75) is 25.4 Å². The van der Waals surface area contributed by atoms with Gasteiger partial charge in [-0.05, 0) is 25.3 Å². The van der Waals surface area contributed by atoms with E-state index in [4.69, 9.17) is 4.74 Å². The van der Waals surface area contributed by atoms with Crippen LogP contribution in [0.25, 0.3) is 0 Å². The predicted octanol–water partition coefficient (Wildman–Crippen LogP) is 1.72. The lowest BCUT2D eigenvalue weighted by Gasteiger charge is -2.21. The van der Waals surface area contributed by atoms with Crippen LogP contribution in [0.1, 0.15) is 31.1 Å². The van der Waals surface area contributed by atoms with Crippen LogP contribution in [0, 0.1) is 0 Å². The van der Waals surface area contributed by atoms with E-state index in [9.17, 15) is 0 Å². The Bertz CT molecular complexity index is 232. The highest BCUT2D eigenvalue weighted by atomic mass is 16.5. The summed E-state index contributed by atoms with van der Waals surface area (Å²) in [5.41, 5.74) is 1.02. The van der Waals surface area contributed by atoms with E-state index in [-0.39, 0.29) is 6.10 Å². The number of ether oxygens (including phenoxy) is 1. The normalized spacial score (nSPS) is 23.8. The summed E-state index contributed by atoms with van der Waals surface area (Å²) < 4.78 is 5.57. The predicted molar refractivity (Wildman–Crippen MR) is 44.6 cm³/mol. The molecule has 2 rings (SSSR count). The molecule has 64 valence electrons. The summed E-state index contributed by atoms with van der Waals surface area (Å²) in [7, 11) is 0. The Morgan fingerprint density at radius 1 is 1.42 bits per heavy atom. The van der Waals surface area contributed by atoms with Crippen molar-refractivity contribution >= 4 is 0 Å². The van der Waals surface area contributed by atoms with Crippen LogP contribution >= 0.6 is 0 Å². The molecular formula is C9H12N2O. The molecule has 3 nitrogen and oxygen atoms in total. The SMILES string of the molecule is c1cc(C2CCCCO2)ncn1. The standard InChI is InChI=1S/C9H12N2O/c1-2-6-12-9(3-1)8-4-5-10-7-11-8/h4-5,7,9H,1-3,6H2. The molecule has 1 aliphatic rings. The first-order valence-electron chi connectivity index (χ1n) is 4.34. The van der Waals surface area contributed by atoms with Crippen LogP contribution in [0.5, 0.6) is 0 Å². The molecule has 0 saturated carbocycles. The van der Waals surface area contributed by atoms with Gasteiger partial charge in [0, 0.05) is 12.8 Å². The van der Waals surface area contributed by atoms with Crippen molar-refractivity contribution in [1.82, 2.24) is 9.97 Å². The Morgan fingerprint density at radius 2 is 2.42 bits per heavy atom. The zero-order valence-electron chi connectivity index (χ0n) is 6.94. The van der Waals surface area contributed by atoms with Gasteiger partial charge >= 0.3 is 0 Å². The van der Waals surface area contributed by atoms with Crippen molar-refractivity contribution in [1.29, 1.82) is 0 Å². The van der Waals surface area contributed by atoms with Gasteiger partial charge in [-0.25, -0.2) is 9.97 Å². The van der Waals surface area contributed by atoms with Crippen molar-refractivity contribution in [3.05, 3.63) is 24.3 Å². The van der Waals surface area contributed by atoms with Crippen molar-refractivity contribution in [3.8, 4) is 0 Å². The van der Waals surface area contributed by atoms with Crippen LogP contribution in [0.15, 0.2) is 18.6 Å². The van der Waals surface area contributed by atoms with Crippen LogP contribution in [0.3, 0.4) is 0 Å². The van der Waals surface area contributed by atoms with E-state index in [0.717, 1.165) is 18.7 Å². The number of nitrogens with zero attached hydrogens (tertiary/aromatic N) is 2. The van der Waals surface area contributed by atoms with Crippen LogP contribution in [-0.4, -0.2) is 16.6 Å². The van der Waals surface area contributed by atoms with Gasteiger partial charge in [0.25, 0.3) is 0 Å². The first-order valence-corrected chi connectivity index (χ1v) is 4.34. The van der Waals surface area contributed by atoms with Gasteiger partial charge in [0.2, 0.25) is 0 Å². The smallest absolute Gasteiger partial charge is 0.115 e. The van der Waals surface area contributed by atoms with Crippen LogP contribution < -0.4 is 0 Å². The van der Waals surface area contributed by atoms with Gasteiger partial charge in [-0.15, -0.1) is 0 Å². The first-order chi connectivity index (χ1) is 5.97. The lowest BCUT2D eigenvalue weighted by atomic mass is 10.1. The second-order valence-corrected chi connectivity index (χ2v) is 2.99. The largest absolute Gasteiger partial charge is 0.372 e. The highest BCUT2D eigenvalue weighted by Gasteiger charge is 2.16. The quantitative estimate of drug-likeness (QED) is 0.634. The molecule has 1 fully saturated rings. The maximum absolute atomic E-state index is 5.57. The number of hydrogen-bond acceptors (Lipinski definition) is 3. The van der Waals surface area contributed by atoms with E-state index < -0.39 is 0 Å². The Hall–Kier alpha value is -0.960. The van der Waals surface area contributed by atoms with Crippen molar-refractivity contribution < 1.29 is 4.74 Å². The number of hydrogen-bond donors (Lipinski definition) is 0. The van der Waals surface area contributed by atoms with Gasteiger partial charge in [0.05, 0.1) is 11.8 Å². The molecule has 0 bridgehead atoms. The summed E-state index contributed by atoms with van der Waals surface area (Å²) in [6.45, 7) is 0.870. The molecule has 2 heterocycles. The topological polar surface area (TPSA) is 35.0 Å². The van der Waals surface area contributed by atoms with E-state index in [2.05, 4.69) is 9.97 Å². The molecule has 0 N–H and O–H groups in total. The molecular weight excluding hydrogens is 152 g/mol. The van der Waals surface area contributed by atoms with Gasteiger partial charge in [-0.3, -0.25) is 0 Å². The third-order valence-electron chi connectivity index (χ3n) is 2.11. The molecule has 0 radical (unpaired) electrons. The van der Waals surface area contributed by atoms with Gasteiger partial charge in [-0.2, -0.15) is 0 Å². The maximum atomic E-state index is 5.57. The number of rotatable bonds is 1. The Morgan fingerprint density at radius 3 is 3.08 bits per heavy atom. The maximum Gasteiger partial charge on any atom is 0.115 e. The summed E-state index contributed by atoms with van der Waals surface area (Å²) in [4.78, 5) is 8.04. The third kappa shape index (κ3) is 1.61. The minimum atomic E-state index is 0.210. The fourth-order valence-electron chi connectivity index (χ4n) is 1.47. The zero-order chi connectivity index (χ0) is 8.23. The molecule has 1 aromatic rings. The summed E-state index contributed by atoms with van der Waals surface area (Å²) in [5, 5.41) is 0. The molecule has 1 unspecified atom stereocenters. The van der Waals surface area contributed by atoms with E-state index in [1.54, 1.807) is 12.5 Å². The number of aromatic nitrogens is 2. The molecule has 0 amide bonds. The van der Waals surface area contributed by atoms with Crippen LogP contribution in [0.4, 0.5) is 0 Å². The molecule has 1 saturated heterocycles. The molecule has 12 heavy (non-hydrogen) atoms. The summed E-state index contributed by atoms with van der Waals surface area (Å²) in [6.07, 6.45) is 7.07. The monoisotopic (exact) mass is 164 g/mol. The van der Waals surface area contributed by atoms with Gasteiger partial charge in [0.15, 0.2) is 0 Å². The van der Waals surface area contributed by atoms with Crippen molar-refractivity contribution in [3.63, 3.8) is 0 Å². The van der Waals surface area contributed by atoms with E-state index in [1.807, 2.05) is 6.07 Å². The van der Waals surface area contributed by atoms with Gasteiger partial charge < -0.3 is 4.74 Å². The molecule has 0 spiro atoms. The average molecular weight is 164 g/mol. The van der Waals surface area contributed by atoms with E-state index >= 15 is 0 Å². The minimum Gasteiger partial charge on any atom is -0.372 e. The van der Waals surface area contributed by atoms with E-state index in [1.165, 1.54) is 12.8 Å². The highest BCUT2D eigenvalue weighted by Crippen LogP contribution is 2.25. The molecule has 1 aliphatic heterocycles. The lowest BCUT2D eigenvalue weighted by Crippen LogP contribution is -2.12. The second kappa shape index (κ2) is 3.63. The second-order valence-electron chi connectivity index (χ2n) is 2.99. The molecule has 0 aromatic carbocycles. The Labute approximate surface area is 71.8 Å². The third-order valence-corrected chi connectivity index (χ3v) is 2.11. The average Bonchev–Trinajstić information content (AvgIpc) is 2.21. The lowest BCUT2D eigenvalue weighted by molar-refractivity contribution is 0.0122. The Kier molecular flexibility index (Phi) is 2.32. The first kappa shape index (κ1) is 7.68. The van der Waals surface area contributed by atoms with E-state index in [0.29, 0.717) is 0 Å². The van der Waals surface area contributed by atoms with Crippen molar-refractivity contribution in [2.75, 3.05) is 6.61 Å². The Balaban J connectivity index is 2.08. The fourth-order valence-corrected chi connectivity index (χ4v) is 1.47. The molecule has 1 atom stereocenters. The fraction of sp³-hybridized carbons (Fsp3) is 0.556.